The van der Waals surface area contributed by atoms with Crippen molar-refractivity contribution in [3.63, 3.8) is 0 Å². The van der Waals surface area contributed by atoms with Crippen LogP contribution in [0, 0.1) is 6.92 Å². The Morgan fingerprint density at radius 3 is 2.67 bits per heavy atom. The maximum atomic E-state index is 13.2. The number of rotatable bonds is 2. The lowest BCUT2D eigenvalue weighted by atomic mass is 10.1. The molecular formula is C19H26N4O. The number of hydrogen-bond donors (Lipinski definition) is 0. The minimum atomic E-state index is 0.0667. The summed E-state index contributed by atoms with van der Waals surface area (Å²) < 4.78 is 1.91. The molecule has 1 aromatic carbocycles. The highest BCUT2D eigenvalue weighted by atomic mass is 16.2. The summed E-state index contributed by atoms with van der Waals surface area (Å²) >= 11 is 0. The van der Waals surface area contributed by atoms with Crippen LogP contribution < -0.4 is 4.90 Å². The largest absolute Gasteiger partial charge is 0.372 e. The molecule has 0 N–H and O–H groups in total. The molecule has 1 amide bonds. The molecule has 1 aromatic heterocycles. The van der Waals surface area contributed by atoms with Crippen LogP contribution >= 0.6 is 0 Å². The van der Waals surface area contributed by atoms with E-state index >= 15 is 0 Å². The third kappa shape index (κ3) is 2.79. The number of para-hydroxylation sites is 1. The molecule has 5 heteroatoms. The first kappa shape index (κ1) is 16.6. The molecule has 5 nitrogen and oxygen atoms in total. The van der Waals surface area contributed by atoms with E-state index in [9.17, 15) is 4.79 Å². The van der Waals surface area contributed by atoms with Gasteiger partial charge in [0, 0.05) is 43.6 Å². The molecule has 24 heavy (non-hydrogen) atoms. The molecule has 0 saturated heterocycles. The number of hydrogen-bond acceptors (Lipinski definition) is 3. The molecule has 0 aliphatic carbocycles. The number of amides is 1. The van der Waals surface area contributed by atoms with Gasteiger partial charge in [-0.15, -0.1) is 0 Å². The summed E-state index contributed by atoms with van der Waals surface area (Å²) in [7, 11) is 2.09. The van der Waals surface area contributed by atoms with Gasteiger partial charge < -0.3 is 9.80 Å². The van der Waals surface area contributed by atoms with Gasteiger partial charge in [0.05, 0.1) is 11.8 Å². The van der Waals surface area contributed by atoms with Gasteiger partial charge in [-0.2, -0.15) is 5.10 Å². The van der Waals surface area contributed by atoms with Crippen molar-refractivity contribution >= 4 is 11.6 Å². The van der Waals surface area contributed by atoms with E-state index in [1.54, 1.807) is 6.20 Å². The summed E-state index contributed by atoms with van der Waals surface area (Å²) in [5, 5.41) is 4.40. The van der Waals surface area contributed by atoms with Gasteiger partial charge in [-0.3, -0.25) is 9.48 Å². The third-order valence-electron chi connectivity index (χ3n) is 4.84. The second-order valence-corrected chi connectivity index (χ2v) is 6.97. The summed E-state index contributed by atoms with van der Waals surface area (Å²) in [6, 6.07) is 8.70. The highest BCUT2D eigenvalue weighted by Crippen LogP contribution is 2.27. The minimum absolute atomic E-state index is 0.0667. The van der Waals surface area contributed by atoms with Crippen molar-refractivity contribution in [3.8, 4) is 0 Å². The summed E-state index contributed by atoms with van der Waals surface area (Å²) in [6.07, 6.45) is 1.71. The lowest BCUT2D eigenvalue weighted by Crippen LogP contribution is -2.42. The van der Waals surface area contributed by atoms with Gasteiger partial charge in [0.25, 0.3) is 5.91 Å². The Labute approximate surface area is 143 Å². The molecule has 1 aliphatic heterocycles. The summed E-state index contributed by atoms with van der Waals surface area (Å²) in [4.78, 5) is 17.4. The van der Waals surface area contributed by atoms with Gasteiger partial charge in [-0.05, 0) is 39.3 Å². The fourth-order valence-corrected chi connectivity index (χ4v) is 3.53. The van der Waals surface area contributed by atoms with Crippen molar-refractivity contribution in [2.24, 2.45) is 0 Å². The highest BCUT2D eigenvalue weighted by Gasteiger charge is 2.29. The van der Waals surface area contributed by atoms with Crippen LogP contribution in [0.3, 0.4) is 0 Å². The van der Waals surface area contributed by atoms with Crippen LogP contribution in [0.2, 0.25) is 0 Å². The fourth-order valence-electron chi connectivity index (χ4n) is 3.53. The van der Waals surface area contributed by atoms with Gasteiger partial charge in [-0.1, -0.05) is 18.2 Å². The molecule has 1 atom stereocenters. The number of fused-ring (bicyclic) bond motifs is 1. The SMILES string of the molecule is Cc1c(C(=O)N2Cc3ccccc3N(C)C[C@@H]2C)cnn1C(C)C. The Morgan fingerprint density at radius 1 is 1.29 bits per heavy atom. The monoisotopic (exact) mass is 326 g/mol. The number of likely N-dealkylation sites (N-methyl/N-ethyl adjacent to an activating group) is 1. The van der Waals surface area contributed by atoms with E-state index in [1.807, 2.05) is 28.6 Å². The predicted octanol–water partition coefficient (Wildman–Crippen LogP) is 3.25. The molecule has 0 bridgehead atoms. The zero-order valence-corrected chi connectivity index (χ0v) is 15.2. The Kier molecular flexibility index (Phi) is 4.35. The van der Waals surface area contributed by atoms with E-state index in [-0.39, 0.29) is 18.0 Å². The zero-order chi connectivity index (χ0) is 17.4. The minimum Gasteiger partial charge on any atom is -0.372 e. The molecular weight excluding hydrogens is 300 g/mol. The second kappa shape index (κ2) is 6.30. The van der Waals surface area contributed by atoms with Crippen LogP contribution in [0.4, 0.5) is 5.69 Å². The Hall–Kier alpha value is -2.30. The van der Waals surface area contributed by atoms with Crippen LogP contribution in [0.5, 0.6) is 0 Å². The normalized spacial score (nSPS) is 17.8. The lowest BCUT2D eigenvalue weighted by molar-refractivity contribution is 0.0686. The van der Waals surface area contributed by atoms with E-state index < -0.39 is 0 Å². The average molecular weight is 326 g/mol. The molecule has 0 saturated carbocycles. The van der Waals surface area contributed by atoms with Crippen LogP contribution in [0.25, 0.3) is 0 Å². The Balaban J connectivity index is 1.95. The molecule has 3 rings (SSSR count). The molecule has 1 aliphatic rings. The number of anilines is 1. The molecule has 0 fully saturated rings. The Bertz CT molecular complexity index is 750. The highest BCUT2D eigenvalue weighted by molar-refractivity contribution is 5.95. The van der Waals surface area contributed by atoms with Gasteiger partial charge in [0.15, 0.2) is 0 Å². The summed E-state index contributed by atoms with van der Waals surface area (Å²) in [6.45, 7) is 9.69. The smallest absolute Gasteiger partial charge is 0.257 e. The van der Waals surface area contributed by atoms with Gasteiger partial charge in [0.2, 0.25) is 0 Å². The van der Waals surface area contributed by atoms with Crippen molar-refractivity contribution in [3.05, 3.63) is 47.3 Å². The zero-order valence-electron chi connectivity index (χ0n) is 15.2. The van der Waals surface area contributed by atoms with Crippen LogP contribution in [-0.2, 0) is 6.54 Å². The number of benzene rings is 1. The molecule has 0 radical (unpaired) electrons. The van der Waals surface area contributed by atoms with Crippen molar-refractivity contribution in [2.45, 2.75) is 46.3 Å². The second-order valence-electron chi connectivity index (χ2n) is 6.97. The summed E-state index contributed by atoms with van der Waals surface area (Å²) in [5.41, 5.74) is 4.03. The standard InChI is InChI=1S/C19H26N4O/c1-13(2)23-15(4)17(10-20-23)19(24)22-12-16-8-6-7-9-18(16)21(5)11-14(22)3/h6-10,13-14H,11-12H2,1-5H3/t14-/m0/s1. The molecule has 2 aromatic rings. The number of aromatic nitrogens is 2. The third-order valence-corrected chi connectivity index (χ3v) is 4.84. The first-order valence-electron chi connectivity index (χ1n) is 8.54. The van der Waals surface area contributed by atoms with Gasteiger partial charge >= 0.3 is 0 Å². The maximum Gasteiger partial charge on any atom is 0.257 e. The fraction of sp³-hybridized carbons (Fsp3) is 0.474. The molecule has 128 valence electrons. The van der Waals surface area contributed by atoms with Crippen molar-refractivity contribution in [1.82, 2.24) is 14.7 Å². The Morgan fingerprint density at radius 2 is 2.00 bits per heavy atom. The van der Waals surface area contributed by atoms with Gasteiger partial charge in [-0.25, -0.2) is 0 Å². The predicted molar refractivity (Wildman–Crippen MR) is 96.4 cm³/mol. The molecule has 0 unspecified atom stereocenters. The quantitative estimate of drug-likeness (QED) is 0.850. The molecule has 0 spiro atoms. The van der Waals surface area contributed by atoms with E-state index in [0.717, 1.165) is 12.2 Å². The first-order valence-corrected chi connectivity index (χ1v) is 8.54. The average Bonchev–Trinajstić information content (AvgIpc) is 2.87. The lowest BCUT2D eigenvalue weighted by Gasteiger charge is -2.28. The number of carbonyl (C=O) groups is 1. The summed E-state index contributed by atoms with van der Waals surface area (Å²) in [5.74, 6) is 0.0667. The molecule has 2 heterocycles. The van der Waals surface area contributed by atoms with Gasteiger partial charge in [0.1, 0.15) is 0 Å². The van der Waals surface area contributed by atoms with Crippen LogP contribution in [-0.4, -0.2) is 40.2 Å². The van der Waals surface area contributed by atoms with Crippen molar-refractivity contribution in [2.75, 3.05) is 18.5 Å². The van der Waals surface area contributed by atoms with E-state index in [0.29, 0.717) is 12.1 Å². The van der Waals surface area contributed by atoms with Crippen LogP contribution in [0.15, 0.2) is 30.5 Å². The van der Waals surface area contributed by atoms with Crippen molar-refractivity contribution < 1.29 is 4.79 Å². The first-order chi connectivity index (χ1) is 11.4. The van der Waals surface area contributed by atoms with E-state index in [4.69, 9.17) is 0 Å². The maximum absolute atomic E-state index is 13.2. The van der Waals surface area contributed by atoms with E-state index in [2.05, 4.69) is 50.0 Å². The van der Waals surface area contributed by atoms with Crippen LogP contribution in [0.1, 0.15) is 48.4 Å². The number of nitrogens with zero attached hydrogens (tertiary/aromatic N) is 4. The number of carbonyl (C=O) groups excluding carboxylic acids is 1. The topological polar surface area (TPSA) is 41.4 Å². The van der Waals surface area contributed by atoms with Crippen molar-refractivity contribution in [1.29, 1.82) is 0 Å². The van der Waals surface area contributed by atoms with E-state index in [1.165, 1.54) is 11.3 Å².